The predicted molar refractivity (Wildman–Crippen MR) is 83.2 cm³/mol. The van der Waals surface area contributed by atoms with Crippen molar-refractivity contribution >= 4 is 21.9 Å². The number of ether oxygens (including phenoxy) is 2. The van der Waals surface area contributed by atoms with E-state index in [4.69, 9.17) is 9.47 Å². The van der Waals surface area contributed by atoms with Gasteiger partial charge in [-0.3, -0.25) is 0 Å². The van der Waals surface area contributed by atoms with Crippen LogP contribution in [0.15, 0.2) is 28.7 Å². The van der Waals surface area contributed by atoms with Gasteiger partial charge in [-0.15, -0.1) is 0 Å². The molecule has 2 rings (SSSR count). The fraction of sp³-hybridized carbons (Fsp3) is 0.333. The Morgan fingerprint density at radius 1 is 1.33 bits per heavy atom. The molecule has 21 heavy (non-hydrogen) atoms. The maximum atomic E-state index is 11.8. The molecule has 0 aliphatic carbocycles. The first-order valence-electron chi connectivity index (χ1n) is 6.50. The van der Waals surface area contributed by atoms with Crippen LogP contribution >= 0.6 is 15.9 Å². The van der Waals surface area contributed by atoms with Crippen LogP contribution in [-0.4, -0.2) is 30.0 Å². The van der Waals surface area contributed by atoms with Gasteiger partial charge in [0.15, 0.2) is 5.69 Å². The van der Waals surface area contributed by atoms with Gasteiger partial charge in [-0.1, -0.05) is 19.9 Å². The standard InChI is InChI=1S/C15H17BrN2O3/c1-9(2)14-12(16)13(15(19)21-4)17-18(14)10-6-5-7-11(8-10)20-3/h5-9H,1-4H3. The van der Waals surface area contributed by atoms with Crippen molar-refractivity contribution in [1.82, 2.24) is 9.78 Å². The second kappa shape index (κ2) is 6.30. The minimum absolute atomic E-state index is 0.177. The predicted octanol–water partition coefficient (Wildman–Crippen LogP) is 3.55. The summed E-state index contributed by atoms with van der Waals surface area (Å²) < 4.78 is 12.4. The Morgan fingerprint density at radius 3 is 2.62 bits per heavy atom. The molecular weight excluding hydrogens is 336 g/mol. The van der Waals surface area contributed by atoms with E-state index >= 15 is 0 Å². The van der Waals surface area contributed by atoms with Crippen molar-refractivity contribution in [2.24, 2.45) is 0 Å². The van der Waals surface area contributed by atoms with Gasteiger partial charge in [-0.2, -0.15) is 5.10 Å². The summed E-state index contributed by atoms with van der Waals surface area (Å²) in [6.07, 6.45) is 0. The number of methoxy groups -OCH3 is 2. The first-order chi connectivity index (χ1) is 9.99. The average Bonchev–Trinajstić information content (AvgIpc) is 2.84. The first kappa shape index (κ1) is 15.6. The van der Waals surface area contributed by atoms with E-state index < -0.39 is 5.97 Å². The second-order valence-electron chi connectivity index (χ2n) is 4.81. The topological polar surface area (TPSA) is 53.3 Å². The quantitative estimate of drug-likeness (QED) is 0.789. The van der Waals surface area contributed by atoms with E-state index in [0.29, 0.717) is 4.47 Å². The van der Waals surface area contributed by atoms with Crippen LogP contribution in [0.4, 0.5) is 0 Å². The lowest BCUT2D eigenvalue weighted by Gasteiger charge is -2.11. The lowest BCUT2D eigenvalue weighted by molar-refractivity contribution is 0.0592. The van der Waals surface area contributed by atoms with Crippen LogP contribution in [0.25, 0.3) is 5.69 Å². The van der Waals surface area contributed by atoms with E-state index in [1.54, 1.807) is 11.8 Å². The van der Waals surface area contributed by atoms with Crippen molar-refractivity contribution in [2.75, 3.05) is 14.2 Å². The molecule has 6 heteroatoms. The fourth-order valence-electron chi connectivity index (χ4n) is 2.08. The highest BCUT2D eigenvalue weighted by Gasteiger charge is 2.24. The number of halogens is 1. The van der Waals surface area contributed by atoms with Gasteiger partial charge >= 0.3 is 5.97 Å². The van der Waals surface area contributed by atoms with Gasteiger partial charge < -0.3 is 9.47 Å². The molecule has 0 amide bonds. The molecule has 0 fully saturated rings. The van der Waals surface area contributed by atoms with Gasteiger partial charge in [0.25, 0.3) is 0 Å². The Balaban J connectivity index is 2.64. The van der Waals surface area contributed by atoms with E-state index in [2.05, 4.69) is 21.0 Å². The van der Waals surface area contributed by atoms with Crippen molar-refractivity contribution in [3.63, 3.8) is 0 Å². The van der Waals surface area contributed by atoms with Gasteiger partial charge in [0.05, 0.1) is 30.1 Å². The normalized spacial score (nSPS) is 10.8. The van der Waals surface area contributed by atoms with Crippen molar-refractivity contribution in [3.8, 4) is 11.4 Å². The van der Waals surface area contributed by atoms with E-state index in [0.717, 1.165) is 17.1 Å². The molecule has 0 atom stereocenters. The van der Waals surface area contributed by atoms with Gasteiger partial charge in [-0.25, -0.2) is 9.48 Å². The highest BCUT2D eigenvalue weighted by molar-refractivity contribution is 9.10. The highest BCUT2D eigenvalue weighted by Crippen LogP contribution is 2.31. The molecule has 2 aromatic rings. The summed E-state index contributed by atoms with van der Waals surface area (Å²) in [7, 11) is 2.95. The molecule has 0 aliphatic heterocycles. The number of nitrogens with zero attached hydrogens (tertiary/aromatic N) is 2. The summed E-state index contributed by atoms with van der Waals surface area (Å²) in [5, 5.41) is 4.39. The van der Waals surface area contributed by atoms with E-state index in [-0.39, 0.29) is 11.6 Å². The van der Waals surface area contributed by atoms with E-state index in [9.17, 15) is 4.79 Å². The molecule has 0 bridgehead atoms. The summed E-state index contributed by atoms with van der Waals surface area (Å²) in [6.45, 7) is 4.08. The van der Waals surface area contributed by atoms with Gasteiger partial charge in [-0.05, 0) is 34.0 Å². The smallest absolute Gasteiger partial charge is 0.359 e. The van der Waals surface area contributed by atoms with Gasteiger partial charge in [0.2, 0.25) is 0 Å². The Labute approximate surface area is 132 Å². The molecule has 1 aromatic heterocycles. The number of carbonyl (C=O) groups excluding carboxylic acids is 1. The molecule has 0 unspecified atom stereocenters. The Kier molecular flexibility index (Phi) is 4.67. The lowest BCUT2D eigenvalue weighted by Crippen LogP contribution is -2.06. The lowest BCUT2D eigenvalue weighted by atomic mass is 10.1. The van der Waals surface area contributed by atoms with Crippen molar-refractivity contribution in [3.05, 3.63) is 40.1 Å². The summed E-state index contributed by atoms with van der Waals surface area (Å²) in [6, 6.07) is 7.52. The Morgan fingerprint density at radius 2 is 2.05 bits per heavy atom. The molecular formula is C15H17BrN2O3. The maximum Gasteiger partial charge on any atom is 0.359 e. The number of aromatic nitrogens is 2. The molecule has 112 valence electrons. The minimum atomic E-state index is -0.467. The molecule has 0 radical (unpaired) electrons. The monoisotopic (exact) mass is 352 g/mol. The number of hydrogen-bond acceptors (Lipinski definition) is 4. The van der Waals surface area contributed by atoms with Crippen molar-refractivity contribution in [2.45, 2.75) is 19.8 Å². The van der Waals surface area contributed by atoms with Crippen LogP contribution in [0.2, 0.25) is 0 Å². The minimum Gasteiger partial charge on any atom is -0.497 e. The summed E-state index contributed by atoms with van der Waals surface area (Å²) in [5.74, 6) is 0.440. The molecule has 1 heterocycles. The fourth-order valence-corrected chi connectivity index (χ4v) is 2.94. The van der Waals surface area contributed by atoms with Gasteiger partial charge in [0.1, 0.15) is 5.75 Å². The van der Waals surface area contributed by atoms with Crippen LogP contribution < -0.4 is 4.74 Å². The molecule has 0 saturated carbocycles. The summed E-state index contributed by atoms with van der Waals surface area (Å²) >= 11 is 3.46. The van der Waals surface area contributed by atoms with Crippen LogP contribution in [0.5, 0.6) is 5.75 Å². The maximum absolute atomic E-state index is 11.8. The van der Waals surface area contributed by atoms with Crippen molar-refractivity contribution < 1.29 is 14.3 Å². The number of hydrogen-bond donors (Lipinski definition) is 0. The number of benzene rings is 1. The zero-order valence-corrected chi connectivity index (χ0v) is 14.0. The highest BCUT2D eigenvalue weighted by atomic mass is 79.9. The average molecular weight is 353 g/mol. The van der Waals surface area contributed by atoms with Crippen molar-refractivity contribution in [1.29, 1.82) is 0 Å². The molecule has 0 spiro atoms. The third kappa shape index (κ3) is 2.95. The summed E-state index contributed by atoms with van der Waals surface area (Å²) in [4.78, 5) is 11.8. The van der Waals surface area contributed by atoms with Crippen LogP contribution in [0, 0.1) is 0 Å². The molecule has 0 saturated heterocycles. The van der Waals surface area contributed by atoms with Crippen LogP contribution in [0.1, 0.15) is 35.9 Å². The van der Waals surface area contributed by atoms with Crippen LogP contribution in [0.3, 0.4) is 0 Å². The van der Waals surface area contributed by atoms with Crippen LogP contribution in [-0.2, 0) is 4.74 Å². The first-order valence-corrected chi connectivity index (χ1v) is 7.30. The zero-order valence-electron chi connectivity index (χ0n) is 12.4. The molecule has 0 aliphatic rings. The Hall–Kier alpha value is -1.82. The molecule has 0 N–H and O–H groups in total. The number of esters is 1. The molecule has 1 aromatic carbocycles. The SMILES string of the molecule is COC(=O)c1nn(-c2cccc(OC)c2)c(C(C)C)c1Br. The number of rotatable bonds is 4. The van der Waals surface area contributed by atoms with E-state index in [1.807, 2.05) is 38.1 Å². The largest absolute Gasteiger partial charge is 0.497 e. The molecule has 5 nitrogen and oxygen atoms in total. The number of carbonyl (C=O) groups is 1. The third-order valence-corrected chi connectivity index (χ3v) is 3.87. The van der Waals surface area contributed by atoms with E-state index in [1.165, 1.54) is 7.11 Å². The summed E-state index contributed by atoms with van der Waals surface area (Å²) in [5.41, 5.74) is 2.00. The Bertz CT molecular complexity index is 665. The van der Waals surface area contributed by atoms with Gasteiger partial charge in [0, 0.05) is 6.07 Å². The zero-order chi connectivity index (χ0) is 15.6. The third-order valence-electron chi connectivity index (χ3n) is 3.08. The second-order valence-corrected chi connectivity index (χ2v) is 5.60.